The number of nitrogens with two attached hydrogens (primary N) is 1. The van der Waals surface area contributed by atoms with Crippen LogP contribution in [0.4, 0.5) is 4.39 Å². The normalized spacial score (nSPS) is 16.2. The largest absolute Gasteiger partial charge is 0.494 e. The van der Waals surface area contributed by atoms with Gasteiger partial charge in [-0.25, -0.2) is 4.39 Å². The van der Waals surface area contributed by atoms with Crippen LogP contribution in [0.15, 0.2) is 29.3 Å². The number of ether oxygens (including phenoxy) is 2. The highest BCUT2D eigenvalue weighted by Gasteiger charge is 2.11. The van der Waals surface area contributed by atoms with Crippen LogP contribution in [-0.2, 0) is 4.74 Å². The predicted octanol–water partition coefficient (Wildman–Crippen LogP) is 1.24. The molecule has 2 rings (SSSR count). The second-order valence-electron chi connectivity index (χ2n) is 4.50. The number of hydrogen-bond acceptors (Lipinski definition) is 3. The number of rotatable bonds is 5. The zero-order valence-electron chi connectivity index (χ0n) is 11.4. The van der Waals surface area contributed by atoms with Crippen LogP contribution in [0.5, 0.6) is 5.75 Å². The maximum Gasteiger partial charge on any atom is 0.191 e. The summed E-state index contributed by atoms with van der Waals surface area (Å²) in [4.78, 5) is 6.34. The monoisotopic (exact) mass is 281 g/mol. The molecule has 1 aliphatic heterocycles. The molecule has 0 spiro atoms. The molecule has 2 N–H and O–H groups in total. The molecule has 0 bridgehead atoms. The lowest BCUT2D eigenvalue weighted by Gasteiger charge is -2.27. The first-order valence-corrected chi connectivity index (χ1v) is 6.77. The zero-order chi connectivity index (χ0) is 14.2. The minimum atomic E-state index is -0.264. The summed E-state index contributed by atoms with van der Waals surface area (Å²) in [5.41, 5.74) is 5.90. The molecule has 1 aromatic rings. The maximum absolute atomic E-state index is 12.7. The van der Waals surface area contributed by atoms with Crippen molar-refractivity contribution in [3.63, 3.8) is 0 Å². The van der Waals surface area contributed by atoms with Gasteiger partial charge in [-0.05, 0) is 24.3 Å². The molecule has 5 nitrogen and oxygen atoms in total. The molecule has 1 aliphatic rings. The van der Waals surface area contributed by atoms with Crippen LogP contribution in [0.3, 0.4) is 0 Å². The van der Waals surface area contributed by atoms with Crippen molar-refractivity contribution in [2.75, 3.05) is 39.5 Å². The van der Waals surface area contributed by atoms with Gasteiger partial charge in [0.25, 0.3) is 0 Å². The van der Waals surface area contributed by atoms with Crippen LogP contribution in [0.2, 0.25) is 0 Å². The second kappa shape index (κ2) is 7.69. The van der Waals surface area contributed by atoms with E-state index >= 15 is 0 Å². The van der Waals surface area contributed by atoms with Gasteiger partial charge in [-0.3, -0.25) is 4.99 Å². The predicted molar refractivity (Wildman–Crippen MR) is 75.4 cm³/mol. The van der Waals surface area contributed by atoms with Crippen molar-refractivity contribution in [2.24, 2.45) is 10.7 Å². The Morgan fingerprint density at radius 2 is 2.00 bits per heavy atom. The van der Waals surface area contributed by atoms with Gasteiger partial charge in [0, 0.05) is 26.1 Å². The second-order valence-corrected chi connectivity index (χ2v) is 4.50. The summed E-state index contributed by atoms with van der Waals surface area (Å²) in [5, 5.41) is 0. The van der Waals surface area contributed by atoms with Crippen LogP contribution in [0, 0.1) is 5.82 Å². The van der Waals surface area contributed by atoms with Crippen molar-refractivity contribution in [3.05, 3.63) is 30.1 Å². The summed E-state index contributed by atoms with van der Waals surface area (Å²) in [6, 6.07) is 5.98. The van der Waals surface area contributed by atoms with Crippen molar-refractivity contribution in [2.45, 2.75) is 6.42 Å². The molecule has 1 aromatic carbocycles. The molecule has 0 unspecified atom stereocenters. The number of aliphatic imine (C=N–C) groups is 1. The lowest BCUT2D eigenvalue weighted by Crippen LogP contribution is -2.44. The van der Waals surface area contributed by atoms with E-state index in [1.54, 1.807) is 12.1 Å². The van der Waals surface area contributed by atoms with Gasteiger partial charge in [0.2, 0.25) is 0 Å². The summed E-state index contributed by atoms with van der Waals surface area (Å²) in [6.07, 6.45) is 0.766. The third-order valence-electron chi connectivity index (χ3n) is 2.99. The van der Waals surface area contributed by atoms with E-state index in [1.165, 1.54) is 12.1 Å². The van der Waals surface area contributed by atoms with Gasteiger partial charge in [-0.2, -0.15) is 0 Å². The molecule has 1 fully saturated rings. The van der Waals surface area contributed by atoms with Gasteiger partial charge in [0.1, 0.15) is 11.6 Å². The summed E-state index contributed by atoms with van der Waals surface area (Å²) in [5.74, 6) is 0.965. The molecular weight excluding hydrogens is 261 g/mol. The Bertz CT molecular complexity index is 431. The third-order valence-corrected chi connectivity index (χ3v) is 2.99. The Kier molecular flexibility index (Phi) is 5.61. The summed E-state index contributed by atoms with van der Waals surface area (Å²) in [6.45, 7) is 4.13. The molecule has 1 heterocycles. The lowest BCUT2D eigenvalue weighted by atomic mass is 10.3. The smallest absolute Gasteiger partial charge is 0.191 e. The molecule has 0 amide bonds. The first-order valence-electron chi connectivity index (χ1n) is 6.77. The minimum Gasteiger partial charge on any atom is -0.494 e. The Hall–Kier alpha value is -1.82. The maximum atomic E-state index is 12.7. The number of guanidine groups is 1. The van der Waals surface area contributed by atoms with Crippen molar-refractivity contribution < 1.29 is 13.9 Å². The number of benzene rings is 1. The third kappa shape index (κ3) is 4.70. The highest BCUT2D eigenvalue weighted by Crippen LogP contribution is 2.11. The van der Waals surface area contributed by atoms with Gasteiger partial charge >= 0.3 is 0 Å². The van der Waals surface area contributed by atoms with E-state index in [4.69, 9.17) is 15.2 Å². The first kappa shape index (κ1) is 14.6. The molecule has 20 heavy (non-hydrogen) atoms. The van der Waals surface area contributed by atoms with Crippen LogP contribution < -0.4 is 10.5 Å². The number of hydrogen-bond donors (Lipinski definition) is 1. The Balaban J connectivity index is 1.64. The Labute approximate surface area is 118 Å². The van der Waals surface area contributed by atoms with E-state index < -0.39 is 0 Å². The van der Waals surface area contributed by atoms with Gasteiger partial charge in [-0.15, -0.1) is 0 Å². The van der Waals surface area contributed by atoms with E-state index in [0.29, 0.717) is 38.1 Å². The van der Waals surface area contributed by atoms with Crippen molar-refractivity contribution in [1.29, 1.82) is 0 Å². The zero-order valence-corrected chi connectivity index (χ0v) is 11.4. The topological polar surface area (TPSA) is 60.1 Å². The van der Waals surface area contributed by atoms with Crippen LogP contribution in [-0.4, -0.2) is 50.3 Å². The average molecular weight is 281 g/mol. The van der Waals surface area contributed by atoms with Crippen LogP contribution in [0.25, 0.3) is 0 Å². The fourth-order valence-corrected chi connectivity index (χ4v) is 1.87. The Morgan fingerprint density at radius 3 is 2.70 bits per heavy atom. The lowest BCUT2D eigenvalue weighted by molar-refractivity contribution is 0.0674. The van der Waals surface area contributed by atoms with Gasteiger partial charge in [-0.1, -0.05) is 0 Å². The molecule has 0 aromatic heterocycles. The summed E-state index contributed by atoms with van der Waals surface area (Å²) >= 11 is 0. The Morgan fingerprint density at radius 1 is 1.30 bits per heavy atom. The van der Waals surface area contributed by atoms with Gasteiger partial charge < -0.3 is 20.1 Å². The molecule has 0 radical (unpaired) electrons. The van der Waals surface area contributed by atoms with E-state index in [-0.39, 0.29) is 5.82 Å². The van der Waals surface area contributed by atoms with E-state index in [9.17, 15) is 4.39 Å². The van der Waals surface area contributed by atoms with E-state index in [2.05, 4.69) is 4.99 Å². The van der Waals surface area contributed by atoms with Crippen LogP contribution in [0.1, 0.15) is 6.42 Å². The van der Waals surface area contributed by atoms with E-state index in [1.807, 2.05) is 4.90 Å². The molecule has 1 saturated heterocycles. The molecule has 0 saturated carbocycles. The number of halogens is 1. The summed E-state index contributed by atoms with van der Waals surface area (Å²) in [7, 11) is 0. The minimum absolute atomic E-state index is 0.264. The standard InChI is InChI=1S/C14H20FN3O2/c15-12-2-4-13(5-3-12)20-9-1-6-17-14(16)18-7-10-19-11-8-18/h2-5H,1,6-11H2,(H2,16,17). The SMILES string of the molecule is NC(=NCCCOc1ccc(F)cc1)N1CCOCC1. The first-order chi connectivity index (χ1) is 9.75. The summed E-state index contributed by atoms with van der Waals surface area (Å²) < 4.78 is 23.4. The highest BCUT2D eigenvalue weighted by atomic mass is 19.1. The van der Waals surface area contributed by atoms with Crippen molar-refractivity contribution in [3.8, 4) is 5.75 Å². The number of morpholine rings is 1. The average Bonchev–Trinajstić information content (AvgIpc) is 2.49. The molecular formula is C14H20FN3O2. The van der Waals surface area contributed by atoms with E-state index in [0.717, 1.165) is 19.5 Å². The molecule has 6 heteroatoms. The van der Waals surface area contributed by atoms with Gasteiger partial charge in [0.05, 0.1) is 19.8 Å². The molecule has 0 aliphatic carbocycles. The van der Waals surface area contributed by atoms with Crippen LogP contribution >= 0.6 is 0 Å². The van der Waals surface area contributed by atoms with Gasteiger partial charge in [0.15, 0.2) is 5.96 Å². The fourth-order valence-electron chi connectivity index (χ4n) is 1.87. The molecule has 110 valence electrons. The quantitative estimate of drug-likeness (QED) is 0.501. The van der Waals surface area contributed by atoms with Crippen molar-refractivity contribution in [1.82, 2.24) is 4.90 Å². The number of nitrogens with zero attached hydrogens (tertiary/aromatic N) is 2. The molecule has 0 atom stereocenters. The van der Waals surface area contributed by atoms with Crippen molar-refractivity contribution >= 4 is 5.96 Å². The fraction of sp³-hybridized carbons (Fsp3) is 0.500. The highest BCUT2D eigenvalue weighted by molar-refractivity contribution is 5.78.